The van der Waals surface area contributed by atoms with Crippen LogP contribution in [0.4, 0.5) is 0 Å². The van der Waals surface area contributed by atoms with E-state index in [0.29, 0.717) is 17.4 Å². The molecule has 0 aliphatic heterocycles. The van der Waals surface area contributed by atoms with Crippen LogP contribution in [-0.4, -0.2) is 73.4 Å². The highest BCUT2D eigenvalue weighted by Gasteiger charge is 2.27. The Morgan fingerprint density at radius 2 is 0.753 bits per heavy atom. The van der Waals surface area contributed by atoms with Gasteiger partial charge < -0.3 is 19.8 Å². The molecule has 8 nitrogen and oxygen atoms in total. The number of phosphoric acid groups is 1. The lowest BCUT2D eigenvalue weighted by atomic mass is 10.0. The summed E-state index contributed by atoms with van der Waals surface area (Å²) >= 11 is 0. The highest BCUT2D eigenvalue weighted by molar-refractivity contribution is 7.47. The van der Waals surface area contributed by atoms with Gasteiger partial charge in [-0.3, -0.25) is 13.8 Å². The predicted molar refractivity (Wildman–Crippen MR) is 318 cm³/mol. The van der Waals surface area contributed by atoms with E-state index in [4.69, 9.17) is 9.05 Å². The second kappa shape index (κ2) is 55.5. The number of quaternary nitrogens is 1. The zero-order valence-corrected chi connectivity index (χ0v) is 50.3. The topological polar surface area (TPSA) is 105 Å². The van der Waals surface area contributed by atoms with E-state index in [9.17, 15) is 19.4 Å². The van der Waals surface area contributed by atoms with Gasteiger partial charge in [0.2, 0.25) is 5.91 Å². The van der Waals surface area contributed by atoms with Gasteiger partial charge in [0.1, 0.15) is 13.2 Å². The van der Waals surface area contributed by atoms with Gasteiger partial charge >= 0.3 is 7.82 Å². The van der Waals surface area contributed by atoms with Crippen LogP contribution in [0.3, 0.4) is 0 Å². The molecule has 0 bridgehead atoms. The molecule has 3 atom stereocenters. The van der Waals surface area contributed by atoms with Crippen molar-refractivity contribution in [3.63, 3.8) is 0 Å². The van der Waals surface area contributed by atoms with E-state index in [1.807, 2.05) is 27.2 Å². The molecule has 0 saturated carbocycles. The molecule has 0 aliphatic carbocycles. The molecule has 0 radical (unpaired) electrons. The Balaban J connectivity index is 3.93. The van der Waals surface area contributed by atoms with Crippen LogP contribution in [0.25, 0.3) is 0 Å². The number of hydrogen-bond donors (Lipinski definition) is 3. The van der Waals surface area contributed by atoms with Gasteiger partial charge in [0.25, 0.3) is 0 Å². The lowest BCUT2D eigenvalue weighted by Crippen LogP contribution is -2.45. The van der Waals surface area contributed by atoms with Crippen molar-refractivity contribution in [2.24, 2.45) is 0 Å². The van der Waals surface area contributed by atoms with E-state index in [2.05, 4.69) is 43.5 Å². The Hall–Kier alpha value is -1.28. The fraction of sp³-hybridized carbons (Fsp3) is 0.891. The number of carbonyl (C=O) groups is 1. The number of aliphatic hydroxyl groups is 1. The number of nitrogens with zero attached hydrogens (tertiary/aromatic N) is 1. The number of phosphoric ester groups is 1. The Labute approximate surface area is 455 Å². The molecule has 0 rings (SSSR count). The first kappa shape index (κ1) is 71.7. The molecule has 73 heavy (non-hydrogen) atoms. The Morgan fingerprint density at radius 3 is 1.10 bits per heavy atom. The van der Waals surface area contributed by atoms with Gasteiger partial charge in [-0.05, 0) is 57.8 Å². The standard InChI is InChI=1S/C64H125N2O6P/c1-6-8-10-12-14-16-18-20-22-23-24-25-26-27-28-29-30-31-32-33-34-35-36-37-38-39-40-41-42-43-44-46-48-50-52-54-56-58-64(68)65-62(61-72-73(69,70)71-60-59-66(3,4)5)63(67)57-55-53-51-49-47-45-21-19-17-15-13-11-9-7-2/h31-32,47,49,55,57,62-63,67H,6-30,33-46,48,50-54,56,58-61H2,1-5H3,(H-,65,68,69,70)/p+1/b32-31-,49-47+,57-55+. The molecule has 9 heteroatoms. The highest BCUT2D eigenvalue weighted by atomic mass is 31.2. The molecule has 0 heterocycles. The maximum absolute atomic E-state index is 13.0. The third kappa shape index (κ3) is 58.2. The number of allylic oxidation sites excluding steroid dienone is 5. The van der Waals surface area contributed by atoms with E-state index >= 15 is 0 Å². The van der Waals surface area contributed by atoms with Crippen molar-refractivity contribution in [2.75, 3.05) is 40.9 Å². The lowest BCUT2D eigenvalue weighted by Gasteiger charge is -2.25. The molecule has 0 aromatic carbocycles. The zero-order chi connectivity index (χ0) is 53.5. The average Bonchev–Trinajstić information content (AvgIpc) is 3.35. The molecule has 1 amide bonds. The highest BCUT2D eigenvalue weighted by Crippen LogP contribution is 2.43. The Kier molecular flexibility index (Phi) is 54.5. The van der Waals surface area contributed by atoms with Crippen molar-refractivity contribution < 1.29 is 32.9 Å². The van der Waals surface area contributed by atoms with Crippen molar-refractivity contribution in [2.45, 2.75) is 328 Å². The summed E-state index contributed by atoms with van der Waals surface area (Å²) in [6.45, 7) is 4.82. The number of hydrogen-bond acceptors (Lipinski definition) is 5. The Morgan fingerprint density at radius 1 is 0.452 bits per heavy atom. The van der Waals surface area contributed by atoms with Crippen molar-refractivity contribution in [3.05, 3.63) is 36.5 Å². The minimum Gasteiger partial charge on any atom is -0.387 e. The third-order valence-electron chi connectivity index (χ3n) is 14.6. The van der Waals surface area contributed by atoms with Crippen LogP contribution < -0.4 is 5.32 Å². The van der Waals surface area contributed by atoms with Crippen LogP contribution in [0.2, 0.25) is 0 Å². The van der Waals surface area contributed by atoms with Crippen molar-refractivity contribution in [1.29, 1.82) is 0 Å². The van der Waals surface area contributed by atoms with E-state index < -0.39 is 20.0 Å². The summed E-state index contributed by atoms with van der Waals surface area (Å²) in [5, 5.41) is 13.9. The van der Waals surface area contributed by atoms with Crippen LogP contribution in [0, 0.1) is 0 Å². The smallest absolute Gasteiger partial charge is 0.387 e. The van der Waals surface area contributed by atoms with Crippen molar-refractivity contribution in [3.8, 4) is 0 Å². The summed E-state index contributed by atoms with van der Waals surface area (Å²) in [5.74, 6) is -0.183. The zero-order valence-electron chi connectivity index (χ0n) is 49.4. The molecule has 0 fully saturated rings. The second-order valence-electron chi connectivity index (χ2n) is 23.1. The van der Waals surface area contributed by atoms with Crippen molar-refractivity contribution >= 4 is 13.7 Å². The Bertz CT molecular complexity index is 1280. The number of amides is 1. The number of aliphatic hydroxyl groups excluding tert-OH is 1. The summed E-state index contributed by atoms with van der Waals surface area (Å²) in [6.07, 6.45) is 73.0. The van der Waals surface area contributed by atoms with E-state index in [-0.39, 0.29) is 19.1 Å². The largest absolute Gasteiger partial charge is 0.472 e. The normalized spacial score (nSPS) is 14.0. The van der Waals surface area contributed by atoms with Gasteiger partial charge in [-0.1, -0.05) is 288 Å². The first-order valence-electron chi connectivity index (χ1n) is 31.9. The summed E-state index contributed by atoms with van der Waals surface area (Å²) in [7, 11) is 1.56. The molecule has 0 aliphatic rings. The van der Waals surface area contributed by atoms with Gasteiger partial charge in [-0.2, -0.15) is 0 Å². The summed E-state index contributed by atoms with van der Waals surface area (Å²) in [5.41, 5.74) is 0. The summed E-state index contributed by atoms with van der Waals surface area (Å²) in [6, 6.07) is -0.861. The van der Waals surface area contributed by atoms with Crippen LogP contribution >= 0.6 is 7.82 Å². The molecule has 0 spiro atoms. The number of carbonyl (C=O) groups excluding carboxylic acids is 1. The fourth-order valence-corrected chi connectivity index (χ4v) is 10.3. The third-order valence-corrected chi connectivity index (χ3v) is 15.6. The van der Waals surface area contributed by atoms with E-state index in [1.54, 1.807) is 6.08 Å². The molecule has 0 aromatic heterocycles. The monoisotopic (exact) mass is 1050 g/mol. The van der Waals surface area contributed by atoms with Crippen LogP contribution in [0.1, 0.15) is 316 Å². The molecular formula is C64H126N2O6P+. The van der Waals surface area contributed by atoms with Gasteiger partial charge in [-0.25, -0.2) is 4.57 Å². The first-order valence-corrected chi connectivity index (χ1v) is 33.4. The van der Waals surface area contributed by atoms with Crippen LogP contribution in [0.5, 0.6) is 0 Å². The molecule has 0 aromatic rings. The number of nitrogens with one attached hydrogen (secondary N) is 1. The molecule has 0 saturated heterocycles. The van der Waals surface area contributed by atoms with E-state index in [0.717, 1.165) is 38.5 Å². The van der Waals surface area contributed by atoms with E-state index in [1.165, 1.54) is 257 Å². The minimum absolute atomic E-state index is 0.0574. The summed E-state index contributed by atoms with van der Waals surface area (Å²) < 4.78 is 23.7. The quantitative estimate of drug-likeness (QED) is 0.0243. The molecule has 3 unspecified atom stereocenters. The molecule has 3 N–H and O–H groups in total. The van der Waals surface area contributed by atoms with Crippen LogP contribution in [0.15, 0.2) is 36.5 Å². The van der Waals surface area contributed by atoms with Crippen LogP contribution in [-0.2, 0) is 18.4 Å². The second-order valence-corrected chi connectivity index (χ2v) is 24.6. The number of likely N-dealkylation sites (N-methyl/N-ethyl adjacent to an activating group) is 1. The maximum Gasteiger partial charge on any atom is 0.472 e. The lowest BCUT2D eigenvalue weighted by molar-refractivity contribution is -0.870. The SMILES string of the molecule is CCCCCCCCCC/C=C/CC/C=C/C(O)C(COP(=O)(O)OCC[N+](C)(C)C)NC(=O)CCCCCCCCCCCCCCCCCCC/C=C\CCCCCCCCCCCCCCCCCC. The molecular weight excluding hydrogens is 924 g/mol. The van der Waals surface area contributed by atoms with Gasteiger partial charge in [0.15, 0.2) is 0 Å². The van der Waals surface area contributed by atoms with Gasteiger partial charge in [0.05, 0.1) is 39.9 Å². The van der Waals surface area contributed by atoms with Gasteiger partial charge in [0, 0.05) is 6.42 Å². The number of rotatable bonds is 59. The number of unbranched alkanes of at least 4 members (excludes halogenated alkanes) is 42. The maximum atomic E-state index is 13.0. The van der Waals surface area contributed by atoms with Crippen molar-refractivity contribution in [1.82, 2.24) is 5.32 Å². The van der Waals surface area contributed by atoms with Gasteiger partial charge in [-0.15, -0.1) is 0 Å². The minimum atomic E-state index is -4.35. The fourth-order valence-electron chi connectivity index (χ4n) is 9.59. The molecule has 432 valence electrons. The first-order chi connectivity index (χ1) is 35.5. The average molecular weight is 1050 g/mol. The predicted octanol–water partition coefficient (Wildman–Crippen LogP) is 19.7. The summed E-state index contributed by atoms with van der Waals surface area (Å²) in [4.78, 5) is 23.3.